The van der Waals surface area contributed by atoms with Gasteiger partial charge in [0, 0.05) is 17.6 Å². The van der Waals surface area contributed by atoms with E-state index in [2.05, 4.69) is 36.2 Å². The van der Waals surface area contributed by atoms with Crippen LogP contribution in [-0.4, -0.2) is 31.1 Å². The molecule has 0 amide bonds. The summed E-state index contributed by atoms with van der Waals surface area (Å²) in [6.45, 7) is 9.42. The van der Waals surface area contributed by atoms with Gasteiger partial charge in [0.1, 0.15) is 0 Å². The SMILES string of the molecule is CC(CNC(C)c1ccc(Cl)cc1)CN1CCCC1. The Kier molecular flexibility index (Phi) is 5.68. The van der Waals surface area contributed by atoms with Gasteiger partial charge in [-0.25, -0.2) is 0 Å². The lowest BCUT2D eigenvalue weighted by Gasteiger charge is -2.22. The Balaban J connectivity index is 1.73. The van der Waals surface area contributed by atoms with E-state index < -0.39 is 0 Å². The number of likely N-dealkylation sites (tertiary alicyclic amines) is 1. The molecule has 1 aliphatic heterocycles. The lowest BCUT2D eigenvalue weighted by molar-refractivity contribution is 0.279. The summed E-state index contributed by atoms with van der Waals surface area (Å²) in [6.07, 6.45) is 2.75. The van der Waals surface area contributed by atoms with E-state index in [0.717, 1.165) is 11.6 Å². The van der Waals surface area contributed by atoms with E-state index in [1.807, 2.05) is 12.1 Å². The van der Waals surface area contributed by atoms with Crippen LogP contribution >= 0.6 is 11.6 Å². The van der Waals surface area contributed by atoms with Crippen molar-refractivity contribution in [3.63, 3.8) is 0 Å². The maximum Gasteiger partial charge on any atom is 0.0406 e. The van der Waals surface area contributed by atoms with E-state index in [0.29, 0.717) is 12.0 Å². The molecule has 0 saturated carbocycles. The second kappa shape index (κ2) is 7.28. The third kappa shape index (κ3) is 4.79. The number of nitrogens with zero attached hydrogens (tertiary/aromatic N) is 1. The zero-order valence-electron chi connectivity index (χ0n) is 12.0. The van der Waals surface area contributed by atoms with Crippen LogP contribution in [0.4, 0.5) is 0 Å². The van der Waals surface area contributed by atoms with E-state index in [-0.39, 0.29) is 0 Å². The van der Waals surface area contributed by atoms with Crippen LogP contribution in [-0.2, 0) is 0 Å². The zero-order valence-corrected chi connectivity index (χ0v) is 12.8. The van der Waals surface area contributed by atoms with E-state index >= 15 is 0 Å². The first-order chi connectivity index (χ1) is 9.15. The Morgan fingerprint density at radius 3 is 2.42 bits per heavy atom. The fourth-order valence-corrected chi connectivity index (χ4v) is 2.84. The molecule has 2 rings (SSSR count). The molecule has 1 aromatic rings. The first-order valence-electron chi connectivity index (χ1n) is 7.36. The van der Waals surface area contributed by atoms with E-state index in [4.69, 9.17) is 11.6 Å². The average molecular weight is 281 g/mol. The van der Waals surface area contributed by atoms with Gasteiger partial charge >= 0.3 is 0 Å². The Hall–Kier alpha value is -0.570. The molecule has 1 N–H and O–H groups in total. The van der Waals surface area contributed by atoms with Crippen molar-refractivity contribution in [1.29, 1.82) is 0 Å². The first kappa shape index (κ1) is 14.8. The molecule has 0 aromatic heterocycles. The molecule has 1 aliphatic rings. The summed E-state index contributed by atoms with van der Waals surface area (Å²) in [5.74, 6) is 0.702. The summed E-state index contributed by atoms with van der Waals surface area (Å²) in [7, 11) is 0. The molecular formula is C16H25ClN2. The molecule has 1 fully saturated rings. The third-order valence-corrected chi connectivity index (χ3v) is 4.16. The molecular weight excluding hydrogens is 256 g/mol. The van der Waals surface area contributed by atoms with Gasteiger partial charge in [0.2, 0.25) is 0 Å². The van der Waals surface area contributed by atoms with Crippen molar-refractivity contribution in [2.24, 2.45) is 5.92 Å². The van der Waals surface area contributed by atoms with Gasteiger partial charge in [-0.05, 0) is 63.0 Å². The Labute approximate surface area is 122 Å². The van der Waals surface area contributed by atoms with Crippen molar-refractivity contribution in [2.75, 3.05) is 26.2 Å². The highest BCUT2D eigenvalue weighted by Crippen LogP contribution is 2.16. The highest BCUT2D eigenvalue weighted by molar-refractivity contribution is 6.30. The number of hydrogen-bond acceptors (Lipinski definition) is 2. The van der Waals surface area contributed by atoms with Gasteiger partial charge in [-0.3, -0.25) is 0 Å². The summed E-state index contributed by atoms with van der Waals surface area (Å²) in [5, 5.41) is 4.43. The smallest absolute Gasteiger partial charge is 0.0406 e. The van der Waals surface area contributed by atoms with Crippen molar-refractivity contribution in [1.82, 2.24) is 10.2 Å². The van der Waals surface area contributed by atoms with Crippen LogP contribution in [0, 0.1) is 5.92 Å². The molecule has 0 spiro atoms. The quantitative estimate of drug-likeness (QED) is 0.854. The molecule has 2 atom stereocenters. The number of halogens is 1. The van der Waals surface area contributed by atoms with Gasteiger partial charge < -0.3 is 10.2 Å². The van der Waals surface area contributed by atoms with Gasteiger partial charge in [-0.2, -0.15) is 0 Å². The Morgan fingerprint density at radius 2 is 1.79 bits per heavy atom. The Morgan fingerprint density at radius 1 is 1.16 bits per heavy atom. The minimum Gasteiger partial charge on any atom is -0.310 e. The minimum atomic E-state index is 0.387. The van der Waals surface area contributed by atoms with Crippen molar-refractivity contribution < 1.29 is 0 Å². The van der Waals surface area contributed by atoms with Crippen LogP contribution in [0.25, 0.3) is 0 Å². The maximum atomic E-state index is 5.91. The number of hydrogen-bond donors (Lipinski definition) is 1. The lowest BCUT2D eigenvalue weighted by Crippen LogP contribution is -2.32. The van der Waals surface area contributed by atoms with Gasteiger partial charge in [0.25, 0.3) is 0 Å². The van der Waals surface area contributed by atoms with Gasteiger partial charge in [0.05, 0.1) is 0 Å². The summed E-state index contributed by atoms with van der Waals surface area (Å²) in [6, 6.07) is 8.51. The molecule has 2 nitrogen and oxygen atoms in total. The highest BCUT2D eigenvalue weighted by atomic mass is 35.5. The minimum absolute atomic E-state index is 0.387. The van der Waals surface area contributed by atoms with Crippen LogP contribution < -0.4 is 5.32 Å². The maximum absolute atomic E-state index is 5.91. The standard InChI is InChI=1S/C16H25ClN2/c1-13(12-19-9-3-4-10-19)11-18-14(2)15-5-7-16(17)8-6-15/h5-8,13-14,18H,3-4,9-12H2,1-2H3. The van der Waals surface area contributed by atoms with Crippen LogP contribution in [0.2, 0.25) is 5.02 Å². The fourth-order valence-electron chi connectivity index (χ4n) is 2.72. The second-order valence-electron chi connectivity index (χ2n) is 5.79. The van der Waals surface area contributed by atoms with Crippen LogP contribution in [0.3, 0.4) is 0 Å². The monoisotopic (exact) mass is 280 g/mol. The van der Waals surface area contributed by atoms with Crippen LogP contribution in [0.15, 0.2) is 24.3 Å². The summed E-state index contributed by atoms with van der Waals surface area (Å²) >= 11 is 5.91. The normalized spacial score (nSPS) is 19.5. The summed E-state index contributed by atoms with van der Waals surface area (Å²) in [5.41, 5.74) is 1.30. The molecule has 19 heavy (non-hydrogen) atoms. The highest BCUT2D eigenvalue weighted by Gasteiger charge is 2.15. The van der Waals surface area contributed by atoms with Crippen LogP contribution in [0.5, 0.6) is 0 Å². The topological polar surface area (TPSA) is 15.3 Å². The molecule has 0 aliphatic carbocycles. The third-order valence-electron chi connectivity index (χ3n) is 3.91. The molecule has 1 aromatic carbocycles. The molecule has 106 valence electrons. The van der Waals surface area contributed by atoms with Crippen molar-refractivity contribution >= 4 is 11.6 Å². The molecule has 3 heteroatoms. The zero-order chi connectivity index (χ0) is 13.7. The van der Waals surface area contributed by atoms with Crippen LogP contribution in [0.1, 0.15) is 38.3 Å². The number of rotatable bonds is 6. The van der Waals surface area contributed by atoms with Crippen molar-refractivity contribution in [3.8, 4) is 0 Å². The van der Waals surface area contributed by atoms with E-state index in [1.54, 1.807) is 0 Å². The largest absolute Gasteiger partial charge is 0.310 e. The van der Waals surface area contributed by atoms with E-state index in [9.17, 15) is 0 Å². The van der Waals surface area contributed by atoms with Gasteiger partial charge in [0.15, 0.2) is 0 Å². The molecule has 0 bridgehead atoms. The molecule has 1 saturated heterocycles. The lowest BCUT2D eigenvalue weighted by atomic mass is 10.1. The van der Waals surface area contributed by atoms with E-state index in [1.165, 1.54) is 38.0 Å². The second-order valence-corrected chi connectivity index (χ2v) is 6.23. The summed E-state index contributed by atoms with van der Waals surface area (Å²) < 4.78 is 0. The fraction of sp³-hybridized carbons (Fsp3) is 0.625. The predicted molar refractivity (Wildman–Crippen MR) is 82.7 cm³/mol. The average Bonchev–Trinajstić information content (AvgIpc) is 2.89. The first-order valence-corrected chi connectivity index (χ1v) is 7.74. The summed E-state index contributed by atoms with van der Waals surface area (Å²) in [4.78, 5) is 2.58. The van der Waals surface area contributed by atoms with Crippen molar-refractivity contribution in [2.45, 2.75) is 32.7 Å². The van der Waals surface area contributed by atoms with Gasteiger partial charge in [-0.15, -0.1) is 0 Å². The van der Waals surface area contributed by atoms with Gasteiger partial charge in [-0.1, -0.05) is 30.7 Å². The number of nitrogens with one attached hydrogen (secondary N) is 1. The molecule has 1 heterocycles. The Bertz CT molecular complexity index is 371. The predicted octanol–water partition coefficient (Wildman–Crippen LogP) is 3.72. The van der Waals surface area contributed by atoms with Crippen molar-refractivity contribution in [3.05, 3.63) is 34.9 Å². The number of benzene rings is 1. The molecule has 2 unspecified atom stereocenters. The molecule has 0 radical (unpaired) electrons.